The van der Waals surface area contributed by atoms with Crippen molar-refractivity contribution < 1.29 is 19.1 Å². The molecule has 232 valence electrons. The molecule has 2 atom stereocenters. The summed E-state index contributed by atoms with van der Waals surface area (Å²) in [6, 6.07) is 22.2. The summed E-state index contributed by atoms with van der Waals surface area (Å²) >= 11 is 6.10. The molecule has 2 heterocycles. The maximum Gasteiger partial charge on any atom is 0.411 e. The molecular weight excluding hydrogens is 580 g/mol. The molecule has 44 heavy (non-hydrogen) atoms. The van der Waals surface area contributed by atoms with E-state index in [1.54, 1.807) is 37.8 Å². The molecule has 1 saturated heterocycles. The summed E-state index contributed by atoms with van der Waals surface area (Å²) in [6.45, 7) is 6.50. The largest absolute Gasteiger partial charge is 0.627 e. The van der Waals surface area contributed by atoms with Crippen LogP contribution in [0.25, 0.3) is 0 Å². The van der Waals surface area contributed by atoms with Crippen LogP contribution >= 0.6 is 11.6 Å². The van der Waals surface area contributed by atoms with Crippen LogP contribution in [0.2, 0.25) is 5.02 Å². The normalized spacial score (nSPS) is 18.6. The van der Waals surface area contributed by atoms with Crippen LogP contribution in [-0.2, 0) is 33.7 Å². The van der Waals surface area contributed by atoms with Gasteiger partial charge in [0.15, 0.2) is 0 Å². The van der Waals surface area contributed by atoms with E-state index in [9.17, 15) is 19.6 Å². The number of nitrogens with zero attached hydrogens (tertiary/aromatic N) is 3. The minimum absolute atomic E-state index is 0.212. The number of carbonyl (C=O) groups is 3. The molecule has 0 spiro atoms. The standard InChI is InChI=1S/C34H39ClN4O5/c1-34(2,3)44-33(42)38-23-26-10-8-7-9-25(26)22-30(38)31(40)36-29(21-24-13-15-27(35)16-14-24)32(41)37-17-19-39(43,20-18-37)28-11-5-4-6-12-28/h4-16,29-30H,17-23H2,1-3H3,(H,36,40)/t29-,30-/m1/s1. The van der Waals surface area contributed by atoms with Crippen LogP contribution in [0, 0.1) is 5.21 Å². The van der Waals surface area contributed by atoms with Crippen molar-refractivity contribution in [2.45, 2.75) is 57.8 Å². The van der Waals surface area contributed by atoms with E-state index in [2.05, 4.69) is 5.32 Å². The molecule has 0 aromatic heterocycles. The molecule has 3 aromatic carbocycles. The average Bonchev–Trinajstić information content (AvgIpc) is 3.00. The zero-order valence-electron chi connectivity index (χ0n) is 25.4. The van der Waals surface area contributed by atoms with Gasteiger partial charge in [-0.15, -0.1) is 0 Å². The van der Waals surface area contributed by atoms with Crippen molar-refractivity contribution in [3.63, 3.8) is 0 Å². The summed E-state index contributed by atoms with van der Waals surface area (Å²) in [4.78, 5) is 44.4. The average molecular weight is 619 g/mol. The fraction of sp³-hybridized carbons (Fsp3) is 0.382. The number of ether oxygens (including phenoxy) is 1. The molecule has 2 aliphatic heterocycles. The number of quaternary nitrogens is 1. The van der Waals surface area contributed by atoms with E-state index in [1.807, 2.05) is 66.7 Å². The molecule has 0 bridgehead atoms. The Kier molecular flexibility index (Phi) is 9.29. The molecule has 5 rings (SSSR count). The molecule has 0 aliphatic carbocycles. The summed E-state index contributed by atoms with van der Waals surface area (Å²) in [7, 11) is 0. The second-order valence-corrected chi connectivity index (χ2v) is 12.9. The molecule has 0 saturated carbocycles. The predicted molar refractivity (Wildman–Crippen MR) is 171 cm³/mol. The van der Waals surface area contributed by atoms with E-state index in [4.69, 9.17) is 16.3 Å². The van der Waals surface area contributed by atoms with E-state index < -0.39 is 34.3 Å². The lowest BCUT2D eigenvalue weighted by atomic mass is 9.93. The zero-order chi connectivity index (χ0) is 31.5. The number of rotatable bonds is 6. The lowest BCUT2D eigenvalue weighted by Crippen LogP contribution is -2.62. The Morgan fingerprint density at radius 3 is 2.20 bits per heavy atom. The number of nitrogens with one attached hydrogen (secondary N) is 1. The molecule has 1 N–H and O–H groups in total. The summed E-state index contributed by atoms with van der Waals surface area (Å²) in [5.74, 6) is -0.708. The number of hydroxylamine groups is 2. The third-order valence-corrected chi connectivity index (χ3v) is 8.40. The molecule has 3 aromatic rings. The van der Waals surface area contributed by atoms with Crippen molar-refractivity contribution in [3.8, 4) is 0 Å². The van der Waals surface area contributed by atoms with Crippen molar-refractivity contribution >= 4 is 35.2 Å². The number of halogens is 1. The van der Waals surface area contributed by atoms with Gasteiger partial charge in [-0.2, -0.15) is 0 Å². The monoisotopic (exact) mass is 618 g/mol. The van der Waals surface area contributed by atoms with Gasteiger partial charge in [0, 0.05) is 17.9 Å². The third kappa shape index (κ3) is 7.41. The van der Waals surface area contributed by atoms with Gasteiger partial charge in [-0.25, -0.2) is 4.79 Å². The van der Waals surface area contributed by atoms with Crippen LogP contribution < -0.4 is 9.96 Å². The van der Waals surface area contributed by atoms with E-state index in [-0.39, 0.29) is 45.1 Å². The van der Waals surface area contributed by atoms with E-state index in [1.165, 1.54) is 4.90 Å². The van der Waals surface area contributed by atoms with E-state index in [0.717, 1.165) is 16.7 Å². The number of hydrogen-bond donors (Lipinski definition) is 1. The second kappa shape index (κ2) is 13.0. The number of para-hydroxylation sites is 1. The van der Waals surface area contributed by atoms with Gasteiger partial charge in [-0.05, 0) is 61.7 Å². The summed E-state index contributed by atoms with van der Waals surface area (Å²) < 4.78 is 5.16. The number of fused-ring (bicyclic) bond motifs is 1. The van der Waals surface area contributed by atoms with Crippen molar-refractivity contribution in [1.29, 1.82) is 0 Å². The summed E-state index contributed by atoms with van der Waals surface area (Å²) in [6.07, 6.45) is -0.0707. The highest BCUT2D eigenvalue weighted by Gasteiger charge is 2.40. The lowest BCUT2D eigenvalue weighted by molar-refractivity contribution is -0.139. The van der Waals surface area contributed by atoms with Gasteiger partial charge in [0.2, 0.25) is 11.8 Å². The van der Waals surface area contributed by atoms with E-state index >= 15 is 0 Å². The minimum Gasteiger partial charge on any atom is -0.627 e. The molecule has 9 nitrogen and oxygen atoms in total. The third-order valence-electron chi connectivity index (χ3n) is 8.15. The summed E-state index contributed by atoms with van der Waals surface area (Å²) in [5.41, 5.74) is 2.65. The van der Waals surface area contributed by atoms with Crippen LogP contribution in [0.3, 0.4) is 0 Å². The van der Waals surface area contributed by atoms with Crippen molar-refractivity contribution in [2.75, 3.05) is 26.2 Å². The number of piperazine rings is 1. The fourth-order valence-corrected chi connectivity index (χ4v) is 5.91. The van der Waals surface area contributed by atoms with Crippen LogP contribution in [0.1, 0.15) is 37.5 Å². The highest BCUT2D eigenvalue weighted by molar-refractivity contribution is 6.30. The van der Waals surface area contributed by atoms with Gasteiger partial charge in [0.25, 0.3) is 0 Å². The fourth-order valence-electron chi connectivity index (χ4n) is 5.78. The zero-order valence-corrected chi connectivity index (χ0v) is 26.1. The van der Waals surface area contributed by atoms with Gasteiger partial charge < -0.3 is 24.8 Å². The number of amides is 3. The smallest absolute Gasteiger partial charge is 0.411 e. The maximum absolute atomic E-state index is 14.0. The van der Waals surface area contributed by atoms with Gasteiger partial charge in [0.05, 0.1) is 19.6 Å². The molecule has 1 fully saturated rings. The van der Waals surface area contributed by atoms with Crippen molar-refractivity contribution in [1.82, 2.24) is 19.8 Å². The van der Waals surface area contributed by atoms with Gasteiger partial charge >= 0.3 is 6.09 Å². The maximum atomic E-state index is 14.0. The molecule has 0 radical (unpaired) electrons. The predicted octanol–water partition coefficient (Wildman–Crippen LogP) is 5.08. The first-order valence-corrected chi connectivity index (χ1v) is 15.3. The Morgan fingerprint density at radius 1 is 0.955 bits per heavy atom. The molecular formula is C34H39ClN4O5. The van der Waals surface area contributed by atoms with Crippen LogP contribution in [0.5, 0.6) is 0 Å². The Bertz CT molecular complexity index is 1480. The minimum atomic E-state index is -0.912. The second-order valence-electron chi connectivity index (χ2n) is 12.5. The Hall–Kier alpha value is -3.92. The van der Waals surface area contributed by atoms with Crippen LogP contribution in [0.4, 0.5) is 10.5 Å². The molecule has 10 heteroatoms. The number of hydrogen-bond acceptors (Lipinski definition) is 5. The Labute approximate surface area is 263 Å². The van der Waals surface area contributed by atoms with Crippen LogP contribution in [0.15, 0.2) is 78.9 Å². The quantitative estimate of drug-likeness (QED) is 0.307. The lowest BCUT2D eigenvalue weighted by Gasteiger charge is -2.48. The van der Waals surface area contributed by atoms with Crippen molar-refractivity contribution in [2.24, 2.45) is 0 Å². The first-order valence-electron chi connectivity index (χ1n) is 15.0. The van der Waals surface area contributed by atoms with Crippen molar-refractivity contribution in [3.05, 3.63) is 106 Å². The highest BCUT2D eigenvalue weighted by atomic mass is 35.5. The first-order chi connectivity index (χ1) is 20.9. The van der Waals surface area contributed by atoms with Gasteiger partial charge in [-0.3, -0.25) is 14.5 Å². The SMILES string of the molecule is CC(C)(C)OC(=O)N1Cc2ccccc2C[C@@H]1C(=O)N[C@H](Cc1ccc(Cl)cc1)C(=O)N1CC[N+]([O-])(c2ccccc2)CC1. The van der Waals surface area contributed by atoms with E-state index in [0.29, 0.717) is 17.1 Å². The van der Waals surface area contributed by atoms with Gasteiger partial charge in [-0.1, -0.05) is 66.2 Å². The molecule has 3 amide bonds. The Balaban J connectivity index is 1.37. The number of carbonyl (C=O) groups excluding carboxylic acids is 3. The van der Waals surface area contributed by atoms with Crippen LogP contribution in [-0.4, -0.2) is 71.6 Å². The molecule has 0 unspecified atom stereocenters. The summed E-state index contributed by atoms with van der Waals surface area (Å²) in [5, 5.41) is 17.1. The Morgan fingerprint density at radius 2 is 1.57 bits per heavy atom. The highest BCUT2D eigenvalue weighted by Crippen LogP contribution is 2.27. The molecule has 2 aliphatic rings. The topological polar surface area (TPSA) is 102 Å². The van der Waals surface area contributed by atoms with Gasteiger partial charge in [0.1, 0.15) is 36.5 Å². The first kappa shape index (κ1) is 31.5. The number of benzene rings is 3.